The molecular formula is C12H18O. The molecule has 72 valence electrons. The van der Waals surface area contributed by atoms with E-state index in [2.05, 4.69) is 33.4 Å². The first-order valence-electron chi connectivity index (χ1n) is 4.87. The van der Waals surface area contributed by atoms with Crippen molar-refractivity contribution in [1.82, 2.24) is 0 Å². The normalized spacial score (nSPS) is 25.5. The summed E-state index contributed by atoms with van der Waals surface area (Å²) in [6.45, 7) is 10.4. The number of hydrogen-bond acceptors (Lipinski definition) is 1. The number of rotatable bonds is 3. The first-order valence-corrected chi connectivity index (χ1v) is 4.87. The Morgan fingerprint density at radius 1 is 1.77 bits per heavy atom. The van der Waals surface area contributed by atoms with Gasteiger partial charge in [0.1, 0.15) is 6.29 Å². The Kier molecular flexibility index (Phi) is 2.74. The average molecular weight is 178 g/mol. The van der Waals surface area contributed by atoms with Crippen LogP contribution in [0.3, 0.4) is 0 Å². The van der Waals surface area contributed by atoms with Crippen LogP contribution >= 0.6 is 0 Å². The van der Waals surface area contributed by atoms with Crippen LogP contribution in [-0.4, -0.2) is 6.29 Å². The fourth-order valence-corrected chi connectivity index (χ4v) is 2.34. The van der Waals surface area contributed by atoms with Crippen LogP contribution in [0, 0.1) is 11.3 Å². The molecule has 0 saturated heterocycles. The summed E-state index contributed by atoms with van der Waals surface area (Å²) >= 11 is 0. The third-order valence-electron chi connectivity index (χ3n) is 3.28. The second-order valence-electron chi connectivity index (χ2n) is 4.29. The number of aldehydes is 1. The molecule has 0 radical (unpaired) electrons. The molecule has 0 aliphatic heterocycles. The molecule has 0 spiro atoms. The lowest BCUT2D eigenvalue weighted by Crippen LogP contribution is -2.23. The molecular weight excluding hydrogens is 160 g/mol. The van der Waals surface area contributed by atoms with E-state index in [9.17, 15) is 4.79 Å². The molecule has 1 aliphatic carbocycles. The lowest BCUT2D eigenvalue weighted by molar-refractivity contribution is -0.105. The van der Waals surface area contributed by atoms with E-state index in [4.69, 9.17) is 0 Å². The lowest BCUT2D eigenvalue weighted by atomic mass is 9.73. The van der Waals surface area contributed by atoms with E-state index in [1.54, 1.807) is 0 Å². The fraction of sp³-hybridized carbons (Fsp3) is 0.583. The van der Waals surface area contributed by atoms with Crippen LogP contribution in [0.1, 0.15) is 33.6 Å². The highest BCUT2D eigenvalue weighted by molar-refractivity contribution is 5.73. The first kappa shape index (κ1) is 10.2. The Labute approximate surface area is 80.5 Å². The Balaban J connectivity index is 2.87. The third kappa shape index (κ3) is 1.60. The highest BCUT2D eigenvalue weighted by Crippen LogP contribution is 2.47. The second kappa shape index (κ2) is 3.49. The quantitative estimate of drug-likeness (QED) is 0.368. The van der Waals surface area contributed by atoms with Crippen molar-refractivity contribution in [2.75, 3.05) is 0 Å². The van der Waals surface area contributed by atoms with Gasteiger partial charge in [-0.1, -0.05) is 39.0 Å². The van der Waals surface area contributed by atoms with Crippen LogP contribution in [0.2, 0.25) is 0 Å². The molecule has 0 bridgehead atoms. The first-order chi connectivity index (χ1) is 6.04. The van der Waals surface area contributed by atoms with Crippen LogP contribution in [0.4, 0.5) is 0 Å². The topological polar surface area (TPSA) is 17.1 Å². The lowest BCUT2D eigenvalue weighted by Gasteiger charge is -2.30. The van der Waals surface area contributed by atoms with Gasteiger partial charge in [-0.3, -0.25) is 4.79 Å². The standard InChI is InChI=1S/C12H18O/c1-5-10-6-7-11(9(2)8-13)12(10,3)4/h6,8,11H,2,5,7H2,1,3-4H3. The number of carbonyl (C=O) groups is 1. The van der Waals surface area contributed by atoms with Gasteiger partial charge >= 0.3 is 0 Å². The molecule has 0 N–H and O–H groups in total. The van der Waals surface area contributed by atoms with Crippen molar-refractivity contribution in [3.63, 3.8) is 0 Å². The Hall–Kier alpha value is -0.850. The van der Waals surface area contributed by atoms with E-state index in [1.807, 2.05) is 0 Å². The molecule has 0 heterocycles. The van der Waals surface area contributed by atoms with Crippen LogP contribution in [-0.2, 0) is 4.79 Å². The van der Waals surface area contributed by atoms with Gasteiger partial charge in [0.25, 0.3) is 0 Å². The summed E-state index contributed by atoms with van der Waals surface area (Å²) in [5.74, 6) is 0.319. The van der Waals surface area contributed by atoms with Crippen LogP contribution in [0.5, 0.6) is 0 Å². The van der Waals surface area contributed by atoms with Crippen LogP contribution in [0.15, 0.2) is 23.8 Å². The van der Waals surface area contributed by atoms with Gasteiger partial charge in [0.2, 0.25) is 0 Å². The molecule has 0 amide bonds. The predicted molar refractivity (Wildman–Crippen MR) is 55.5 cm³/mol. The highest BCUT2D eigenvalue weighted by atomic mass is 16.1. The van der Waals surface area contributed by atoms with E-state index in [0.29, 0.717) is 5.92 Å². The fourth-order valence-electron chi connectivity index (χ4n) is 2.34. The summed E-state index contributed by atoms with van der Waals surface area (Å²) in [4.78, 5) is 10.7. The smallest absolute Gasteiger partial charge is 0.145 e. The summed E-state index contributed by atoms with van der Waals surface area (Å²) in [7, 11) is 0. The molecule has 0 saturated carbocycles. The van der Waals surface area contributed by atoms with Gasteiger partial charge in [-0.15, -0.1) is 0 Å². The van der Waals surface area contributed by atoms with E-state index in [0.717, 1.165) is 24.7 Å². The molecule has 1 heteroatoms. The summed E-state index contributed by atoms with van der Waals surface area (Å²) in [5.41, 5.74) is 2.33. The molecule has 1 aliphatic rings. The van der Waals surface area contributed by atoms with E-state index < -0.39 is 0 Å². The second-order valence-corrected chi connectivity index (χ2v) is 4.29. The van der Waals surface area contributed by atoms with Gasteiger partial charge in [-0.25, -0.2) is 0 Å². The van der Waals surface area contributed by atoms with Crippen LogP contribution < -0.4 is 0 Å². The summed E-state index contributed by atoms with van der Waals surface area (Å²) in [6.07, 6.45) is 5.22. The molecule has 0 aromatic carbocycles. The maximum atomic E-state index is 10.7. The predicted octanol–water partition coefficient (Wildman–Crippen LogP) is 3.12. The molecule has 1 atom stereocenters. The zero-order valence-electron chi connectivity index (χ0n) is 8.76. The molecule has 0 aromatic rings. The minimum absolute atomic E-state index is 0.132. The van der Waals surface area contributed by atoms with Crippen molar-refractivity contribution in [1.29, 1.82) is 0 Å². The van der Waals surface area contributed by atoms with Gasteiger partial charge in [0, 0.05) is 0 Å². The molecule has 13 heavy (non-hydrogen) atoms. The Bertz CT molecular complexity index is 258. The van der Waals surface area contributed by atoms with Crippen molar-refractivity contribution in [3.8, 4) is 0 Å². The van der Waals surface area contributed by atoms with Gasteiger partial charge < -0.3 is 0 Å². The summed E-state index contributed by atoms with van der Waals surface area (Å²) < 4.78 is 0. The Morgan fingerprint density at radius 2 is 2.38 bits per heavy atom. The third-order valence-corrected chi connectivity index (χ3v) is 3.28. The summed E-state index contributed by atoms with van der Waals surface area (Å²) in [6, 6.07) is 0. The van der Waals surface area contributed by atoms with E-state index in [1.165, 1.54) is 5.57 Å². The molecule has 1 unspecified atom stereocenters. The van der Waals surface area contributed by atoms with Crippen molar-refractivity contribution in [2.24, 2.45) is 11.3 Å². The number of allylic oxidation sites excluding steroid dienone is 3. The highest BCUT2D eigenvalue weighted by Gasteiger charge is 2.37. The van der Waals surface area contributed by atoms with Crippen molar-refractivity contribution in [2.45, 2.75) is 33.6 Å². The Morgan fingerprint density at radius 3 is 2.77 bits per heavy atom. The molecule has 0 fully saturated rings. The van der Waals surface area contributed by atoms with Gasteiger partial charge in [-0.05, 0) is 29.7 Å². The van der Waals surface area contributed by atoms with E-state index in [-0.39, 0.29) is 5.41 Å². The van der Waals surface area contributed by atoms with Gasteiger partial charge in [0.15, 0.2) is 0 Å². The van der Waals surface area contributed by atoms with Gasteiger partial charge in [-0.2, -0.15) is 0 Å². The maximum Gasteiger partial charge on any atom is 0.145 e. The zero-order valence-corrected chi connectivity index (χ0v) is 8.76. The molecule has 1 rings (SSSR count). The number of hydrogen-bond donors (Lipinski definition) is 0. The van der Waals surface area contributed by atoms with Crippen molar-refractivity contribution < 1.29 is 4.79 Å². The largest absolute Gasteiger partial charge is 0.298 e. The van der Waals surface area contributed by atoms with Crippen molar-refractivity contribution >= 4 is 6.29 Å². The van der Waals surface area contributed by atoms with E-state index >= 15 is 0 Å². The molecule has 0 aromatic heterocycles. The van der Waals surface area contributed by atoms with Gasteiger partial charge in [0.05, 0.1) is 0 Å². The monoisotopic (exact) mass is 178 g/mol. The SMILES string of the molecule is C=C(C=O)C1CC=C(CC)C1(C)C. The average Bonchev–Trinajstić information content (AvgIpc) is 2.39. The minimum Gasteiger partial charge on any atom is -0.298 e. The maximum absolute atomic E-state index is 10.7. The van der Waals surface area contributed by atoms with Crippen molar-refractivity contribution in [3.05, 3.63) is 23.8 Å². The summed E-state index contributed by atoms with van der Waals surface area (Å²) in [5, 5.41) is 0. The number of carbonyl (C=O) groups excluding carboxylic acids is 1. The molecule has 1 nitrogen and oxygen atoms in total. The minimum atomic E-state index is 0.132. The zero-order chi connectivity index (χ0) is 10.1. The van der Waals surface area contributed by atoms with Crippen LogP contribution in [0.25, 0.3) is 0 Å².